The Morgan fingerprint density at radius 3 is 2.42 bits per heavy atom. The molecule has 0 amide bonds. The predicted octanol–water partition coefficient (Wildman–Crippen LogP) is 3.43. The van der Waals surface area contributed by atoms with E-state index in [1.54, 1.807) is 32.1 Å². The lowest BCUT2D eigenvalue weighted by Crippen LogP contribution is -2.66. The molecule has 9 bridgehead atoms. The Kier molecular flexibility index (Phi) is 0.823. The summed E-state index contributed by atoms with van der Waals surface area (Å²) in [6.07, 6.45) is 8.67. The van der Waals surface area contributed by atoms with E-state index in [-0.39, 0.29) is 0 Å². The highest BCUT2D eigenvalue weighted by Gasteiger charge is 2.97. The molecule has 14 atom stereocenters. The van der Waals surface area contributed by atoms with E-state index in [9.17, 15) is 0 Å². The smallest absolute Gasteiger partial charge is 0.0165 e. The van der Waals surface area contributed by atoms with Crippen LogP contribution < -0.4 is 0 Å². The summed E-state index contributed by atoms with van der Waals surface area (Å²) in [6.45, 7) is 0. The average molecular weight is 250 g/mol. The Hall–Kier alpha value is 0. The molecule has 14 unspecified atom stereocenters. The first-order valence-electron chi connectivity index (χ1n) is 9.38. The second-order valence-electron chi connectivity index (χ2n) is 10.6. The van der Waals surface area contributed by atoms with Crippen molar-refractivity contribution < 1.29 is 0 Å². The molecule has 0 heteroatoms. The van der Waals surface area contributed by atoms with Crippen LogP contribution >= 0.6 is 0 Å². The van der Waals surface area contributed by atoms with Gasteiger partial charge in [-0.15, -0.1) is 0 Å². The largest absolute Gasteiger partial charge is 0.0467 e. The van der Waals surface area contributed by atoms with Gasteiger partial charge < -0.3 is 0 Å². The number of hydrogen-bond acceptors (Lipinski definition) is 0. The minimum absolute atomic E-state index is 0.975. The summed E-state index contributed by atoms with van der Waals surface area (Å²) in [6, 6.07) is 0. The fraction of sp³-hybridized carbons (Fsp3) is 1.00. The third-order valence-electron chi connectivity index (χ3n) is 11.9. The molecule has 10 rings (SSSR count). The Labute approximate surface area is 114 Å². The summed E-state index contributed by atoms with van der Waals surface area (Å²) in [5.41, 5.74) is 1.97. The van der Waals surface area contributed by atoms with Gasteiger partial charge in [0.25, 0.3) is 0 Å². The van der Waals surface area contributed by atoms with Gasteiger partial charge in [0.05, 0.1) is 0 Å². The zero-order valence-corrected chi connectivity index (χ0v) is 11.5. The van der Waals surface area contributed by atoms with Crippen molar-refractivity contribution in [1.29, 1.82) is 0 Å². The molecular weight excluding hydrogens is 228 g/mol. The van der Waals surface area contributed by atoms with E-state index in [0.717, 1.165) is 10.8 Å². The van der Waals surface area contributed by atoms with Gasteiger partial charge in [0.15, 0.2) is 0 Å². The summed E-state index contributed by atoms with van der Waals surface area (Å²) < 4.78 is 0. The standard InChI is InChI=1S/C19H22/c1-6-4-18-7-2-8-9(3-7)13-12(8)14-16(18)11-5-19(18,17(13)14)15(6)10(1)11/h6-17H,1-5H2. The lowest BCUT2D eigenvalue weighted by atomic mass is 9.34. The van der Waals surface area contributed by atoms with Crippen LogP contribution in [0.2, 0.25) is 0 Å². The highest BCUT2D eigenvalue weighted by Crippen LogP contribution is 3.02. The van der Waals surface area contributed by atoms with Crippen molar-refractivity contribution in [2.75, 3.05) is 0 Å². The van der Waals surface area contributed by atoms with Gasteiger partial charge in [-0.05, 0) is 114 Å². The van der Waals surface area contributed by atoms with Gasteiger partial charge in [-0.25, -0.2) is 0 Å². The predicted molar refractivity (Wildman–Crippen MR) is 69.8 cm³/mol. The average Bonchev–Trinajstić information content (AvgIpc) is 2.84. The highest BCUT2D eigenvalue weighted by atomic mass is 15.0. The maximum atomic E-state index is 1.77. The molecular formula is C19H22. The molecule has 0 aromatic heterocycles. The minimum atomic E-state index is 0.975. The molecule has 0 nitrogen and oxygen atoms in total. The molecule has 98 valence electrons. The normalized spacial score (nSPS) is 94.7. The maximum Gasteiger partial charge on any atom is -0.0165 e. The van der Waals surface area contributed by atoms with E-state index in [0.29, 0.717) is 0 Å². The van der Waals surface area contributed by atoms with Crippen molar-refractivity contribution in [3.05, 3.63) is 0 Å². The first-order chi connectivity index (χ1) is 9.38. The first kappa shape index (κ1) is 8.44. The Morgan fingerprint density at radius 1 is 0.579 bits per heavy atom. The molecule has 0 aromatic carbocycles. The van der Waals surface area contributed by atoms with E-state index in [4.69, 9.17) is 0 Å². The number of rotatable bonds is 0. The molecule has 10 fully saturated rings. The minimum Gasteiger partial charge on any atom is -0.0467 e. The zero-order valence-electron chi connectivity index (χ0n) is 11.5. The van der Waals surface area contributed by atoms with Crippen molar-refractivity contribution in [2.24, 2.45) is 81.8 Å². The van der Waals surface area contributed by atoms with Crippen LogP contribution in [-0.2, 0) is 0 Å². The molecule has 19 heavy (non-hydrogen) atoms. The molecule has 0 radical (unpaired) electrons. The molecule has 2 spiro atoms. The van der Waals surface area contributed by atoms with Crippen LogP contribution in [0.15, 0.2) is 0 Å². The number of fused-ring (bicyclic) bond motifs is 2. The van der Waals surface area contributed by atoms with E-state index in [1.165, 1.54) is 71.0 Å². The van der Waals surface area contributed by atoms with Gasteiger partial charge in [-0.3, -0.25) is 0 Å². The van der Waals surface area contributed by atoms with E-state index < -0.39 is 0 Å². The van der Waals surface area contributed by atoms with Crippen LogP contribution in [0.3, 0.4) is 0 Å². The Balaban J connectivity index is 1.51. The molecule has 10 saturated carbocycles. The lowest BCUT2D eigenvalue weighted by molar-refractivity contribution is -0.233. The van der Waals surface area contributed by atoms with Crippen molar-refractivity contribution in [2.45, 2.75) is 32.1 Å². The van der Waals surface area contributed by atoms with Crippen molar-refractivity contribution in [3.63, 3.8) is 0 Å². The molecule has 0 saturated heterocycles. The van der Waals surface area contributed by atoms with Crippen LogP contribution in [0, 0.1) is 81.8 Å². The van der Waals surface area contributed by atoms with Crippen LogP contribution in [0.5, 0.6) is 0 Å². The van der Waals surface area contributed by atoms with Crippen molar-refractivity contribution in [1.82, 2.24) is 0 Å². The topological polar surface area (TPSA) is 0 Å². The molecule has 0 aliphatic heterocycles. The lowest BCUT2D eigenvalue weighted by Gasteiger charge is -2.70. The van der Waals surface area contributed by atoms with Gasteiger partial charge in [-0.2, -0.15) is 0 Å². The molecule has 0 N–H and O–H groups in total. The third kappa shape index (κ3) is 0.434. The summed E-state index contributed by atoms with van der Waals surface area (Å²) in [5, 5.41) is 0. The zero-order chi connectivity index (χ0) is 11.5. The van der Waals surface area contributed by atoms with Gasteiger partial charge >= 0.3 is 0 Å². The van der Waals surface area contributed by atoms with E-state index in [2.05, 4.69) is 0 Å². The molecule has 0 heterocycles. The Bertz CT molecular complexity index is 605. The quantitative estimate of drug-likeness (QED) is 0.618. The van der Waals surface area contributed by atoms with Crippen LogP contribution in [0.4, 0.5) is 0 Å². The maximum absolute atomic E-state index is 1.77. The van der Waals surface area contributed by atoms with Crippen LogP contribution in [0.1, 0.15) is 32.1 Å². The fourth-order valence-electron chi connectivity index (χ4n) is 12.8. The second-order valence-corrected chi connectivity index (χ2v) is 10.6. The van der Waals surface area contributed by atoms with Crippen LogP contribution in [-0.4, -0.2) is 0 Å². The van der Waals surface area contributed by atoms with E-state index >= 15 is 0 Å². The molecule has 0 aromatic rings. The summed E-state index contributed by atoms with van der Waals surface area (Å²) in [7, 11) is 0. The SMILES string of the molecule is C1C2CC34C5CC6C(C5)C5C6C6C3C3CC4(C2C13)C56. The number of hydrogen-bond donors (Lipinski definition) is 0. The molecule has 10 aliphatic rings. The van der Waals surface area contributed by atoms with Gasteiger partial charge in [0.1, 0.15) is 0 Å². The van der Waals surface area contributed by atoms with Gasteiger partial charge in [0.2, 0.25) is 0 Å². The monoisotopic (exact) mass is 250 g/mol. The van der Waals surface area contributed by atoms with Gasteiger partial charge in [0, 0.05) is 0 Å². The first-order valence-corrected chi connectivity index (χ1v) is 9.38. The summed E-state index contributed by atoms with van der Waals surface area (Å²) in [5.74, 6) is 15.4. The van der Waals surface area contributed by atoms with Crippen molar-refractivity contribution in [3.8, 4) is 0 Å². The van der Waals surface area contributed by atoms with Crippen LogP contribution in [0.25, 0.3) is 0 Å². The summed E-state index contributed by atoms with van der Waals surface area (Å²) >= 11 is 0. The summed E-state index contributed by atoms with van der Waals surface area (Å²) in [4.78, 5) is 0. The highest BCUT2D eigenvalue weighted by molar-refractivity contribution is 5.44. The van der Waals surface area contributed by atoms with Gasteiger partial charge in [-0.1, -0.05) is 0 Å². The Morgan fingerprint density at radius 2 is 1.47 bits per heavy atom. The second kappa shape index (κ2) is 1.85. The third-order valence-corrected chi connectivity index (χ3v) is 11.9. The van der Waals surface area contributed by atoms with E-state index in [1.807, 2.05) is 0 Å². The fourth-order valence-corrected chi connectivity index (χ4v) is 12.8. The molecule has 10 aliphatic carbocycles. The van der Waals surface area contributed by atoms with Crippen molar-refractivity contribution >= 4 is 0 Å².